The quantitative estimate of drug-likeness (QED) is 0.756. The molecule has 0 aromatic heterocycles. The van der Waals surface area contributed by atoms with Gasteiger partial charge in [0, 0.05) is 17.8 Å². The highest BCUT2D eigenvalue weighted by molar-refractivity contribution is 5.45. The first-order valence-electron chi connectivity index (χ1n) is 7.89. The zero-order chi connectivity index (χ0) is 13.5. The molecule has 1 fully saturated rings. The van der Waals surface area contributed by atoms with Crippen LogP contribution in [0.5, 0.6) is 0 Å². The van der Waals surface area contributed by atoms with Crippen molar-refractivity contribution in [3.8, 4) is 0 Å². The van der Waals surface area contributed by atoms with E-state index in [4.69, 9.17) is 5.73 Å². The Morgan fingerprint density at radius 1 is 1.16 bits per heavy atom. The Hall–Kier alpha value is -1.02. The Morgan fingerprint density at radius 3 is 2.63 bits per heavy atom. The van der Waals surface area contributed by atoms with Gasteiger partial charge in [0.15, 0.2) is 0 Å². The summed E-state index contributed by atoms with van der Waals surface area (Å²) in [5, 5.41) is 3.63. The fraction of sp³-hybridized carbons (Fsp3) is 0.647. The Morgan fingerprint density at radius 2 is 1.95 bits per heavy atom. The molecule has 0 radical (unpaired) electrons. The van der Waals surface area contributed by atoms with E-state index in [1.165, 1.54) is 56.2 Å². The molecule has 0 bridgehead atoms. The topological polar surface area (TPSA) is 38.0 Å². The molecular weight excluding hydrogens is 232 g/mol. The van der Waals surface area contributed by atoms with Crippen LogP contribution in [-0.4, -0.2) is 12.1 Å². The van der Waals surface area contributed by atoms with Crippen molar-refractivity contribution in [3.63, 3.8) is 0 Å². The van der Waals surface area contributed by atoms with E-state index in [-0.39, 0.29) is 0 Å². The van der Waals surface area contributed by atoms with E-state index < -0.39 is 0 Å². The average molecular weight is 260 g/mol. The van der Waals surface area contributed by atoms with Crippen LogP contribution in [0.25, 0.3) is 0 Å². The molecule has 19 heavy (non-hydrogen) atoms. The molecule has 1 aromatic rings. The molecule has 0 saturated heterocycles. The van der Waals surface area contributed by atoms with Crippen LogP contribution < -0.4 is 11.1 Å². The summed E-state index contributed by atoms with van der Waals surface area (Å²) in [6, 6.07) is 9.93. The molecule has 1 aliphatic rings. The number of benzene rings is 1. The summed E-state index contributed by atoms with van der Waals surface area (Å²) >= 11 is 0. The van der Waals surface area contributed by atoms with Crippen LogP contribution in [0.15, 0.2) is 24.3 Å². The summed E-state index contributed by atoms with van der Waals surface area (Å²) in [6.45, 7) is 2.25. The van der Waals surface area contributed by atoms with E-state index in [2.05, 4.69) is 36.5 Å². The smallest absolute Gasteiger partial charge is 0.0342 e. The molecule has 0 amide bonds. The van der Waals surface area contributed by atoms with Crippen molar-refractivity contribution in [3.05, 3.63) is 29.8 Å². The van der Waals surface area contributed by atoms with Crippen molar-refractivity contribution in [2.75, 3.05) is 5.32 Å². The van der Waals surface area contributed by atoms with Gasteiger partial charge in [-0.05, 0) is 56.2 Å². The third kappa shape index (κ3) is 4.87. The molecule has 2 nitrogen and oxygen atoms in total. The van der Waals surface area contributed by atoms with Gasteiger partial charge >= 0.3 is 0 Å². The molecule has 0 spiro atoms. The first-order chi connectivity index (χ1) is 9.28. The molecule has 0 heterocycles. The van der Waals surface area contributed by atoms with Gasteiger partial charge in [-0.15, -0.1) is 0 Å². The number of hydrogen-bond acceptors (Lipinski definition) is 2. The van der Waals surface area contributed by atoms with Gasteiger partial charge in [-0.1, -0.05) is 31.9 Å². The second-order valence-corrected chi connectivity index (χ2v) is 5.92. The second kappa shape index (κ2) is 7.54. The number of nitrogens with two attached hydrogens (primary N) is 1. The maximum absolute atomic E-state index is 6.03. The van der Waals surface area contributed by atoms with Gasteiger partial charge in [0.2, 0.25) is 0 Å². The Kier molecular flexibility index (Phi) is 5.71. The standard InChI is InChI=1S/C17H28N2/c1-2-3-4-6-14-9-11-16(12-10-14)19-17-8-5-7-15(18)13-17/h9-12,15,17,19H,2-8,13,18H2,1H3. The molecule has 1 aromatic carbocycles. The summed E-state index contributed by atoms with van der Waals surface area (Å²) in [4.78, 5) is 0. The van der Waals surface area contributed by atoms with Crippen molar-refractivity contribution in [2.45, 2.75) is 70.4 Å². The monoisotopic (exact) mass is 260 g/mol. The lowest BCUT2D eigenvalue weighted by Gasteiger charge is -2.28. The third-order valence-corrected chi connectivity index (χ3v) is 4.11. The molecule has 0 aliphatic heterocycles. The predicted molar refractivity (Wildman–Crippen MR) is 83.5 cm³/mol. The summed E-state index contributed by atoms with van der Waals surface area (Å²) in [6.07, 6.45) is 9.96. The number of rotatable bonds is 6. The third-order valence-electron chi connectivity index (χ3n) is 4.11. The molecule has 2 atom stereocenters. The Balaban J connectivity index is 1.81. The van der Waals surface area contributed by atoms with Gasteiger partial charge in [-0.25, -0.2) is 0 Å². The van der Waals surface area contributed by atoms with E-state index in [0.717, 1.165) is 6.42 Å². The number of aryl methyl sites for hydroxylation is 1. The fourth-order valence-electron chi connectivity index (χ4n) is 2.94. The summed E-state index contributed by atoms with van der Waals surface area (Å²) in [5.41, 5.74) is 8.74. The lowest BCUT2D eigenvalue weighted by Crippen LogP contribution is -2.34. The van der Waals surface area contributed by atoms with Crippen molar-refractivity contribution >= 4 is 5.69 Å². The van der Waals surface area contributed by atoms with Gasteiger partial charge in [-0.2, -0.15) is 0 Å². The van der Waals surface area contributed by atoms with Crippen LogP contribution in [0.3, 0.4) is 0 Å². The molecule has 2 unspecified atom stereocenters. The van der Waals surface area contributed by atoms with E-state index in [0.29, 0.717) is 12.1 Å². The van der Waals surface area contributed by atoms with Gasteiger partial charge in [0.25, 0.3) is 0 Å². The van der Waals surface area contributed by atoms with Crippen LogP contribution in [0.1, 0.15) is 57.4 Å². The highest BCUT2D eigenvalue weighted by Crippen LogP contribution is 2.21. The fourth-order valence-corrected chi connectivity index (χ4v) is 2.94. The normalized spacial score (nSPS) is 23.3. The minimum atomic E-state index is 0.388. The maximum atomic E-state index is 6.03. The summed E-state index contributed by atoms with van der Waals surface area (Å²) in [7, 11) is 0. The minimum Gasteiger partial charge on any atom is -0.382 e. The van der Waals surface area contributed by atoms with Crippen molar-refractivity contribution < 1.29 is 0 Å². The zero-order valence-corrected chi connectivity index (χ0v) is 12.2. The van der Waals surface area contributed by atoms with Gasteiger partial charge in [0.1, 0.15) is 0 Å². The molecular formula is C17H28N2. The number of nitrogens with one attached hydrogen (secondary N) is 1. The molecule has 2 rings (SSSR count). The molecule has 3 N–H and O–H groups in total. The molecule has 2 heteroatoms. The van der Waals surface area contributed by atoms with Crippen LogP contribution in [0.2, 0.25) is 0 Å². The SMILES string of the molecule is CCCCCc1ccc(NC2CCCC(N)C2)cc1. The van der Waals surface area contributed by atoms with Gasteiger partial charge < -0.3 is 11.1 Å². The Labute approximate surface area is 117 Å². The highest BCUT2D eigenvalue weighted by Gasteiger charge is 2.18. The molecule has 106 valence electrons. The molecule has 1 saturated carbocycles. The van der Waals surface area contributed by atoms with Crippen LogP contribution in [-0.2, 0) is 6.42 Å². The predicted octanol–water partition coefficient (Wildman–Crippen LogP) is 4.10. The van der Waals surface area contributed by atoms with E-state index >= 15 is 0 Å². The van der Waals surface area contributed by atoms with Crippen molar-refractivity contribution in [1.29, 1.82) is 0 Å². The lowest BCUT2D eigenvalue weighted by atomic mass is 9.91. The summed E-state index contributed by atoms with van der Waals surface area (Å²) in [5.74, 6) is 0. The minimum absolute atomic E-state index is 0.388. The van der Waals surface area contributed by atoms with Crippen LogP contribution in [0, 0.1) is 0 Å². The zero-order valence-electron chi connectivity index (χ0n) is 12.2. The summed E-state index contributed by atoms with van der Waals surface area (Å²) < 4.78 is 0. The van der Waals surface area contributed by atoms with Crippen LogP contribution in [0.4, 0.5) is 5.69 Å². The largest absolute Gasteiger partial charge is 0.382 e. The van der Waals surface area contributed by atoms with Crippen molar-refractivity contribution in [2.24, 2.45) is 5.73 Å². The number of unbranched alkanes of at least 4 members (excludes halogenated alkanes) is 2. The highest BCUT2D eigenvalue weighted by atomic mass is 14.9. The number of hydrogen-bond donors (Lipinski definition) is 2. The van der Waals surface area contributed by atoms with Gasteiger partial charge in [0.05, 0.1) is 0 Å². The Bertz CT molecular complexity index is 358. The van der Waals surface area contributed by atoms with E-state index in [1.54, 1.807) is 0 Å². The number of anilines is 1. The van der Waals surface area contributed by atoms with Crippen molar-refractivity contribution in [1.82, 2.24) is 0 Å². The van der Waals surface area contributed by atoms with E-state index in [1.807, 2.05) is 0 Å². The van der Waals surface area contributed by atoms with Crippen LogP contribution >= 0.6 is 0 Å². The first kappa shape index (κ1) is 14.4. The average Bonchev–Trinajstić information content (AvgIpc) is 2.41. The lowest BCUT2D eigenvalue weighted by molar-refractivity contribution is 0.409. The van der Waals surface area contributed by atoms with E-state index in [9.17, 15) is 0 Å². The first-order valence-corrected chi connectivity index (χ1v) is 7.89. The van der Waals surface area contributed by atoms with Gasteiger partial charge in [-0.3, -0.25) is 0 Å². The maximum Gasteiger partial charge on any atom is 0.0342 e. The second-order valence-electron chi connectivity index (χ2n) is 5.92. The molecule has 1 aliphatic carbocycles.